The van der Waals surface area contributed by atoms with Crippen LogP contribution < -0.4 is 5.73 Å². The minimum absolute atomic E-state index is 0.105. The van der Waals surface area contributed by atoms with Gasteiger partial charge in [0.1, 0.15) is 5.82 Å². The molecule has 3 N–H and O–H groups in total. The molecular weight excluding hydrogens is 440 g/mol. The summed E-state index contributed by atoms with van der Waals surface area (Å²) in [5, 5.41) is 11.9. The molecule has 3 aromatic rings. The number of hydrogen-bond acceptors (Lipinski definition) is 5. The number of piperazine rings is 1. The minimum Gasteiger partial charge on any atom is -0.409 e. The van der Waals surface area contributed by atoms with Crippen molar-refractivity contribution in [1.29, 1.82) is 0 Å². The lowest BCUT2D eigenvalue weighted by atomic mass is 10.1. The number of carbonyl (C=O) groups excluding carboxylic acids is 1. The molecule has 2 aliphatic rings. The van der Waals surface area contributed by atoms with Crippen molar-refractivity contribution >= 4 is 22.8 Å². The SMILES string of the molecule is Cn1c(CCc2ccc(C(N)=NO)cc2)nc2cc(C(=O)N3CCN(C4CCCC4)CC3)ccc21. The molecule has 2 aromatic carbocycles. The molecule has 35 heavy (non-hydrogen) atoms. The highest BCUT2D eigenvalue weighted by molar-refractivity contribution is 5.98. The van der Waals surface area contributed by atoms with E-state index >= 15 is 0 Å². The number of carbonyl (C=O) groups is 1. The molecule has 2 fully saturated rings. The Bertz CT molecular complexity index is 1220. The summed E-state index contributed by atoms with van der Waals surface area (Å²) in [5.74, 6) is 1.19. The number of fused-ring (bicyclic) bond motifs is 1. The van der Waals surface area contributed by atoms with E-state index in [0.717, 1.165) is 73.0 Å². The first-order valence-electron chi connectivity index (χ1n) is 12.6. The number of benzene rings is 2. The molecule has 5 rings (SSSR count). The van der Waals surface area contributed by atoms with Gasteiger partial charge >= 0.3 is 0 Å². The van der Waals surface area contributed by atoms with Gasteiger partial charge in [0.2, 0.25) is 0 Å². The Morgan fingerprint density at radius 1 is 1.03 bits per heavy atom. The van der Waals surface area contributed by atoms with Gasteiger partial charge in [0.25, 0.3) is 5.91 Å². The molecule has 0 atom stereocenters. The van der Waals surface area contributed by atoms with Crippen LogP contribution in [0.4, 0.5) is 0 Å². The third kappa shape index (κ3) is 4.89. The van der Waals surface area contributed by atoms with Crippen LogP contribution in [-0.2, 0) is 19.9 Å². The molecule has 8 heteroatoms. The van der Waals surface area contributed by atoms with Crippen molar-refractivity contribution in [3.8, 4) is 0 Å². The normalized spacial score (nSPS) is 18.0. The summed E-state index contributed by atoms with van der Waals surface area (Å²) < 4.78 is 2.11. The zero-order valence-corrected chi connectivity index (χ0v) is 20.4. The molecule has 1 amide bonds. The van der Waals surface area contributed by atoms with Gasteiger partial charge < -0.3 is 20.4 Å². The Morgan fingerprint density at radius 3 is 2.40 bits per heavy atom. The van der Waals surface area contributed by atoms with E-state index in [4.69, 9.17) is 15.9 Å². The maximum Gasteiger partial charge on any atom is 0.254 e. The quantitative estimate of drug-likeness (QED) is 0.247. The highest BCUT2D eigenvalue weighted by Crippen LogP contribution is 2.25. The van der Waals surface area contributed by atoms with Crippen molar-refractivity contribution < 1.29 is 10.0 Å². The Kier molecular flexibility index (Phi) is 6.72. The average molecular weight is 475 g/mol. The van der Waals surface area contributed by atoms with Crippen LogP contribution in [0.2, 0.25) is 0 Å². The Balaban J connectivity index is 1.24. The van der Waals surface area contributed by atoms with E-state index in [1.807, 2.05) is 54.4 Å². The lowest BCUT2D eigenvalue weighted by Gasteiger charge is -2.38. The molecule has 184 valence electrons. The molecule has 1 aliphatic heterocycles. The van der Waals surface area contributed by atoms with Crippen molar-refractivity contribution in [3.63, 3.8) is 0 Å². The summed E-state index contributed by atoms with van der Waals surface area (Å²) in [6, 6.07) is 14.3. The number of aryl methyl sites for hydroxylation is 3. The number of nitrogens with two attached hydrogens (primary N) is 1. The van der Waals surface area contributed by atoms with Crippen LogP contribution in [0.1, 0.15) is 53.0 Å². The third-order valence-corrected chi connectivity index (χ3v) is 7.66. The Hall–Kier alpha value is -3.39. The molecule has 2 heterocycles. The molecule has 1 saturated heterocycles. The van der Waals surface area contributed by atoms with E-state index in [1.54, 1.807) is 0 Å². The number of amidine groups is 1. The lowest BCUT2D eigenvalue weighted by Crippen LogP contribution is -2.51. The molecule has 1 aliphatic carbocycles. The molecule has 0 unspecified atom stereocenters. The average Bonchev–Trinajstić information content (AvgIpc) is 3.55. The first-order valence-corrected chi connectivity index (χ1v) is 12.6. The van der Waals surface area contributed by atoms with E-state index in [9.17, 15) is 4.79 Å². The van der Waals surface area contributed by atoms with Crippen LogP contribution in [0.3, 0.4) is 0 Å². The first kappa shape index (κ1) is 23.4. The van der Waals surface area contributed by atoms with Crippen LogP contribution >= 0.6 is 0 Å². The van der Waals surface area contributed by atoms with E-state index in [-0.39, 0.29) is 11.7 Å². The summed E-state index contributed by atoms with van der Waals surface area (Å²) >= 11 is 0. The van der Waals surface area contributed by atoms with Crippen LogP contribution in [-0.4, -0.2) is 68.5 Å². The summed E-state index contributed by atoms with van der Waals surface area (Å²) in [5.41, 5.74) is 10.1. The van der Waals surface area contributed by atoms with Crippen molar-refractivity contribution in [2.24, 2.45) is 17.9 Å². The number of nitrogens with zero attached hydrogens (tertiary/aromatic N) is 5. The van der Waals surface area contributed by atoms with Crippen LogP contribution in [0.15, 0.2) is 47.6 Å². The van der Waals surface area contributed by atoms with Gasteiger partial charge in [-0.2, -0.15) is 0 Å². The second-order valence-corrected chi connectivity index (χ2v) is 9.74. The number of rotatable bonds is 6. The van der Waals surface area contributed by atoms with Gasteiger partial charge in [0.05, 0.1) is 11.0 Å². The van der Waals surface area contributed by atoms with E-state index in [0.29, 0.717) is 5.56 Å². The Labute approximate surface area is 206 Å². The fourth-order valence-electron chi connectivity index (χ4n) is 5.50. The standard InChI is InChI=1S/C27H34N6O2/c1-31-24-12-11-21(27(34)33-16-14-32(15-17-33)22-4-2-3-5-22)18-23(24)29-25(31)13-8-19-6-9-20(10-7-19)26(28)30-35/h6-7,9-12,18,22,35H,2-5,8,13-17H2,1H3,(H2,28,30). The minimum atomic E-state index is 0.105. The van der Waals surface area contributed by atoms with Crippen molar-refractivity contribution in [1.82, 2.24) is 19.4 Å². The van der Waals surface area contributed by atoms with Gasteiger partial charge in [-0.25, -0.2) is 4.98 Å². The summed E-state index contributed by atoms with van der Waals surface area (Å²) in [4.78, 5) is 22.6. The number of amides is 1. The fourth-order valence-corrected chi connectivity index (χ4v) is 5.50. The lowest BCUT2D eigenvalue weighted by molar-refractivity contribution is 0.0573. The smallest absolute Gasteiger partial charge is 0.254 e. The largest absolute Gasteiger partial charge is 0.409 e. The molecule has 8 nitrogen and oxygen atoms in total. The van der Waals surface area contributed by atoms with Gasteiger partial charge in [0, 0.05) is 56.8 Å². The first-order chi connectivity index (χ1) is 17.0. The van der Waals surface area contributed by atoms with Crippen molar-refractivity contribution in [2.45, 2.75) is 44.6 Å². The third-order valence-electron chi connectivity index (χ3n) is 7.66. The molecule has 0 radical (unpaired) electrons. The zero-order chi connectivity index (χ0) is 24.4. The maximum atomic E-state index is 13.2. The van der Waals surface area contributed by atoms with Gasteiger partial charge in [-0.1, -0.05) is 42.3 Å². The molecule has 0 bridgehead atoms. The second-order valence-electron chi connectivity index (χ2n) is 9.74. The van der Waals surface area contributed by atoms with Crippen LogP contribution in [0.25, 0.3) is 11.0 Å². The molecular formula is C27H34N6O2. The predicted octanol–water partition coefficient (Wildman–Crippen LogP) is 3.15. The number of oxime groups is 1. The number of imidazole rings is 1. The van der Waals surface area contributed by atoms with E-state index < -0.39 is 0 Å². The van der Waals surface area contributed by atoms with E-state index in [1.165, 1.54) is 25.7 Å². The highest BCUT2D eigenvalue weighted by Gasteiger charge is 2.28. The van der Waals surface area contributed by atoms with Gasteiger partial charge in [-0.15, -0.1) is 0 Å². The highest BCUT2D eigenvalue weighted by atomic mass is 16.4. The summed E-state index contributed by atoms with van der Waals surface area (Å²) in [6.07, 6.45) is 6.91. The van der Waals surface area contributed by atoms with Gasteiger partial charge in [-0.05, 0) is 43.0 Å². The van der Waals surface area contributed by atoms with E-state index in [2.05, 4.69) is 14.6 Å². The molecule has 1 aromatic heterocycles. The zero-order valence-electron chi connectivity index (χ0n) is 20.4. The maximum absolute atomic E-state index is 13.2. The van der Waals surface area contributed by atoms with Crippen molar-refractivity contribution in [2.75, 3.05) is 26.2 Å². The summed E-state index contributed by atoms with van der Waals surface area (Å²) in [7, 11) is 2.02. The molecule has 0 spiro atoms. The summed E-state index contributed by atoms with van der Waals surface area (Å²) in [6.45, 7) is 3.56. The predicted molar refractivity (Wildman–Crippen MR) is 137 cm³/mol. The topological polar surface area (TPSA) is 100.0 Å². The van der Waals surface area contributed by atoms with Crippen LogP contribution in [0.5, 0.6) is 0 Å². The monoisotopic (exact) mass is 474 g/mol. The van der Waals surface area contributed by atoms with Gasteiger partial charge in [-0.3, -0.25) is 9.69 Å². The molecule has 1 saturated carbocycles. The van der Waals surface area contributed by atoms with Crippen LogP contribution in [0, 0.1) is 0 Å². The second kappa shape index (κ2) is 10.1. The fraction of sp³-hybridized carbons (Fsp3) is 0.444. The number of aromatic nitrogens is 2. The van der Waals surface area contributed by atoms with Crippen molar-refractivity contribution in [3.05, 3.63) is 65.0 Å². The van der Waals surface area contributed by atoms with Gasteiger partial charge in [0.15, 0.2) is 5.84 Å². The Morgan fingerprint density at radius 2 is 1.71 bits per heavy atom. The number of hydrogen-bond donors (Lipinski definition) is 2.